The molecular weight excluding hydrogens is 362 g/mol. The molecule has 1 aromatic carbocycles. The highest BCUT2D eigenvalue weighted by Gasteiger charge is 2.29. The van der Waals surface area contributed by atoms with Gasteiger partial charge in [-0.05, 0) is 24.6 Å². The SMILES string of the molecule is Cc1ccc2oc(N3CCOC(CN(CC(=O)O)S(C)(=O)=O)C3)nc2c1. The first-order valence-corrected chi connectivity index (χ1v) is 9.98. The Morgan fingerprint density at radius 2 is 2.23 bits per heavy atom. The van der Waals surface area contributed by atoms with Crippen molar-refractivity contribution in [2.75, 3.05) is 43.9 Å². The quantitative estimate of drug-likeness (QED) is 0.775. The summed E-state index contributed by atoms with van der Waals surface area (Å²) >= 11 is 0. The monoisotopic (exact) mass is 383 g/mol. The average molecular weight is 383 g/mol. The molecule has 0 spiro atoms. The van der Waals surface area contributed by atoms with Crippen LogP contribution in [0.5, 0.6) is 0 Å². The summed E-state index contributed by atoms with van der Waals surface area (Å²) in [5.41, 5.74) is 2.51. The van der Waals surface area contributed by atoms with Crippen molar-refractivity contribution in [3.8, 4) is 0 Å². The van der Waals surface area contributed by atoms with E-state index in [1.54, 1.807) is 0 Å². The van der Waals surface area contributed by atoms with E-state index in [9.17, 15) is 13.2 Å². The zero-order valence-electron chi connectivity index (χ0n) is 14.6. The third kappa shape index (κ3) is 4.32. The topological polar surface area (TPSA) is 113 Å². The molecule has 3 rings (SSSR count). The maximum atomic E-state index is 11.8. The third-order valence-electron chi connectivity index (χ3n) is 4.13. The third-order valence-corrected chi connectivity index (χ3v) is 5.35. The van der Waals surface area contributed by atoms with Crippen molar-refractivity contribution < 1.29 is 27.5 Å². The number of aliphatic carboxylic acids is 1. The molecule has 0 bridgehead atoms. The van der Waals surface area contributed by atoms with E-state index >= 15 is 0 Å². The van der Waals surface area contributed by atoms with Crippen molar-refractivity contribution in [1.29, 1.82) is 0 Å². The number of benzene rings is 1. The molecule has 142 valence electrons. The Bertz CT molecular complexity index is 910. The highest BCUT2D eigenvalue weighted by atomic mass is 32.2. The zero-order valence-corrected chi connectivity index (χ0v) is 15.4. The van der Waals surface area contributed by atoms with Crippen molar-refractivity contribution in [2.24, 2.45) is 0 Å². The smallest absolute Gasteiger partial charge is 0.318 e. The first-order chi connectivity index (χ1) is 12.2. The minimum Gasteiger partial charge on any atom is -0.480 e. The van der Waals surface area contributed by atoms with E-state index in [0.29, 0.717) is 31.3 Å². The number of hydrogen-bond acceptors (Lipinski definition) is 7. The summed E-state index contributed by atoms with van der Waals surface area (Å²) in [6.45, 7) is 2.62. The fourth-order valence-corrected chi connectivity index (χ4v) is 3.64. The number of ether oxygens (including phenoxy) is 1. The first-order valence-electron chi connectivity index (χ1n) is 8.13. The van der Waals surface area contributed by atoms with Crippen LogP contribution in [-0.4, -0.2) is 73.9 Å². The van der Waals surface area contributed by atoms with Gasteiger partial charge in [0, 0.05) is 19.6 Å². The summed E-state index contributed by atoms with van der Waals surface area (Å²) in [7, 11) is -3.65. The van der Waals surface area contributed by atoms with Gasteiger partial charge in [-0.1, -0.05) is 6.07 Å². The zero-order chi connectivity index (χ0) is 18.9. The van der Waals surface area contributed by atoms with Crippen LogP contribution in [0, 0.1) is 6.92 Å². The molecule has 2 heterocycles. The molecule has 1 aliphatic rings. The van der Waals surface area contributed by atoms with E-state index in [0.717, 1.165) is 21.6 Å². The molecule has 1 unspecified atom stereocenters. The van der Waals surface area contributed by atoms with Crippen LogP contribution in [0.25, 0.3) is 11.1 Å². The molecule has 2 aromatic rings. The molecule has 1 aromatic heterocycles. The Balaban J connectivity index is 1.74. The van der Waals surface area contributed by atoms with Gasteiger partial charge in [-0.15, -0.1) is 0 Å². The fourth-order valence-electron chi connectivity index (χ4n) is 2.86. The molecule has 1 saturated heterocycles. The van der Waals surface area contributed by atoms with E-state index < -0.39 is 28.6 Å². The van der Waals surface area contributed by atoms with Crippen molar-refractivity contribution in [3.63, 3.8) is 0 Å². The Morgan fingerprint density at radius 3 is 2.92 bits per heavy atom. The lowest BCUT2D eigenvalue weighted by molar-refractivity contribution is -0.137. The summed E-state index contributed by atoms with van der Waals surface area (Å²) in [6.07, 6.45) is 0.509. The Labute approximate surface area is 151 Å². The number of carbonyl (C=O) groups is 1. The van der Waals surface area contributed by atoms with Crippen LogP contribution in [0.2, 0.25) is 0 Å². The average Bonchev–Trinajstić information content (AvgIpc) is 2.96. The molecule has 0 saturated carbocycles. The van der Waals surface area contributed by atoms with Crippen molar-refractivity contribution >= 4 is 33.1 Å². The van der Waals surface area contributed by atoms with Gasteiger partial charge >= 0.3 is 5.97 Å². The number of hydrogen-bond donors (Lipinski definition) is 1. The van der Waals surface area contributed by atoms with Crippen LogP contribution in [0.4, 0.5) is 6.01 Å². The van der Waals surface area contributed by atoms with Crippen molar-refractivity contribution in [1.82, 2.24) is 9.29 Å². The molecule has 1 atom stereocenters. The van der Waals surface area contributed by atoms with Gasteiger partial charge in [-0.2, -0.15) is 9.29 Å². The second-order valence-electron chi connectivity index (χ2n) is 6.36. The number of anilines is 1. The number of morpholine rings is 1. The summed E-state index contributed by atoms with van der Waals surface area (Å²) in [6, 6.07) is 6.17. The largest absolute Gasteiger partial charge is 0.480 e. The predicted octanol–water partition coefficient (Wildman–Crippen LogP) is 0.688. The fraction of sp³-hybridized carbons (Fsp3) is 0.500. The number of aromatic nitrogens is 1. The predicted molar refractivity (Wildman–Crippen MR) is 94.8 cm³/mol. The Hall–Kier alpha value is -2.17. The standard InChI is InChI=1S/C16H21N3O6S/c1-11-3-4-14-13(7-11)17-16(25-14)18-5-6-24-12(8-18)9-19(10-15(20)21)26(2,22)23/h3-4,7,12H,5-6,8-10H2,1-2H3,(H,20,21). The van der Waals surface area contributed by atoms with Gasteiger partial charge in [0.15, 0.2) is 5.58 Å². The number of oxazole rings is 1. The van der Waals surface area contributed by atoms with E-state index in [2.05, 4.69) is 4.98 Å². The van der Waals surface area contributed by atoms with E-state index in [1.165, 1.54) is 0 Å². The second kappa shape index (κ2) is 7.22. The van der Waals surface area contributed by atoms with Gasteiger partial charge in [0.25, 0.3) is 6.01 Å². The molecule has 1 aliphatic heterocycles. The number of carboxylic acids is 1. The normalized spacial score (nSPS) is 18.6. The lowest BCUT2D eigenvalue weighted by Gasteiger charge is -2.33. The lowest BCUT2D eigenvalue weighted by atomic mass is 10.2. The maximum Gasteiger partial charge on any atom is 0.318 e. The van der Waals surface area contributed by atoms with Crippen LogP contribution in [0.3, 0.4) is 0 Å². The molecule has 0 radical (unpaired) electrons. The van der Waals surface area contributed by atoms with Gasteiger partial charge in [0.1, 0.15) is 12.1 Å². The van der Waals surface area contributed by atoms with Crippen molar-refractivity contribution in [3.05, 3.63) is 23.8 Å². The Morgan fingerprint density at radius 1 is 1.46 bits per heavy atom. The van der Waals surface area contributed by atoms with Crippen LogP contribution < -0.4 is 4.90 Å². The van der Waals surface area contributed by atoms with E-state index in [1.807, 2.05) is 30.0 Å². The van der Waals surface area contributed by atoms with Gasteiger partial charge < -0.3 is 19.2 Å². The van der Waals surface area contributed by atoms with Crippen LogP contribution >= 0.6 is 0 Å². The van der Waals surface area contributed by atoms with Crippen LogP contribution in [0.1, 0.15) is 5.56 Å². The number of sulfonamides is 1. The summed E-state index contributed by atoms with van der Waals surface area (Å²) in [5.74, 6) is -1.21. The first kappa shape index (κ1) is 18.6. The minimum absolute atomic E-state index is 0.0407. The van der Waals surface area contributed by atoms with Crippen LogP contribution in [0.15, 0.2) is 22.6 Å². The van der Waals surface area contributed by atoms with Gasteiger partial charge in [0.2, 0.25) is 10.0 Å². The molecular formula is C16H21N3O6S. The molecule has 1 fully saturated rings. The number of carboxylic acid groups (broad SMARTS) is 1. The van der Waals surface area contributed by atoms with Crippen LogP contribution in [-0.2, 0) is 19.6 Å². The second-order valence-corrected chi connectivity index (χ2v) is 8.34. The number of nitrogens with zero attached hydrogens (tertiary/aromatic N) is 3. The van der Waals surface area contributed by atoms with Gasteiger partial charge in [-0.25, -0.2) is 8.42 Å². The molecule has 26 heavy (non-hydrogen) atoms. The summed E-state index contributed by atoms with van der Waals surface area (Å²) in [4.78, 5) is 17.3. The molecule has 0 amide bonds. The van der Waals surface area contributed by atoms with E-state index in [4.69, 9.17) is 14.3 Å². The molecule has 0 aliphatic carbocycles. The minimum atomic E-state index is -3.65. The molecule has 1 N–H and O–H groups in total. The molecule has 9 nitrogen and oxygen atoms in total. The highest BCUT2D eigenvalue weighted by Crippen LogP contribution is 2.24. The van der Waals surface area contributed by atoms with Gasteiger partial charge in [-0.3, -0.25) is 4.79 Å². The van der Waals surface area contributed by atoms with Gasteiger partial charge in [0.05, 0.1) is 19.0 Å². The Kier molecular flexibility index (Phi) is 5.17. The molecule has 10 heteroatoms. The van der Waals surface area contributed by atoms with Crippen molar-refractivity contribution in [2.45, 2.75) is 13.0 Å². The lowest BCUT2D eigenvalue weighted by Crippen LogP contribution is -2.49. The summed E-state index contributed by atoms with van der Waals surface area (Å²) < 4.78 is 35.9. The highest BCUT2D eigenvalue weighted by molar-refractivity contribution is 7.88. The maximum absolute atomic E-state index is 11.8. The summed E-state index contributed by atoms with van der Waals surface area (Å²) in [5, 5.41) is 8.93. The number of aryl methyl sites for hydroxylation is 1. The number of rotatable bonds is 6. The van der Waals surface area contributed by atoms with E-state index in [-0.39, 0.29) is 6.54 Å². The number of fused-ring (bicyclic) bond motifs is 1.